The Labute approximate surface area is 385 Å². The van der Waals surface area contributed by atoms with Gasteiger partial charge in [0.05, 0.1) is 19.8 Å². The van der Waals surface area contributed by atoms with Gasteiger partial charge in [-0.05, 0) is 77.0 Å². The molecule has 0 aromatic rings. The number of unbranched alkanes of at least 4 members (excludes halogenated alkanes) is 24. The van der Waals surface area contributed by atoms with Gasteiger partial charge in [0, 0.05) is 13.0 Å². The van der Waals surface area contributed by atoms with Crippen LogP contribution in [0.5, 0.6) is 0 Å². The Balaban J connectivity index is 4.15. The molecule has 3 atom stereocenters. The second kappa shape index (κ2) is 47.6. The van der Waals surface area contributed by atoms with Crippen molar-refractivity contribution in [2.24, 2.45) is 5.73 Å². The van der Waals surface area contributed by atoms with Gasteiger partial charge in [-0.25, -0.2) is 4.57 Å². The van der Waals surface area contributed by atoms with Crippen molar-refractivity contribution >= 4 is 19.8 Å². The molecule has 0 aromatic carbocycles. The number of aliphatic carboxylic acids is 1. The van der Waals surface area contributed by atoms with Crippen LogP contribution >= 0.6 is 7.82 Å². The summed E-state index contributed by atoms with van der Waals surface area (Å²) in [6.45, 7) is 3.76. The third-order valence-electron chi connectivity index (χ3n) is 10.8. The molecule has 0 aliphatic heterocycles. The van der Waals surface area contributed by atoms with E-state index in [1.54, 1.807) is 0 Å². The van der Waals surface area contributed by atoms with E-state index in [0.29, 0.717) is 13.0 Å². The minimum absolute atomic E-state index is 0.00960. The summed E-state index contributed by atoms with van der Waals surface area (Å²) >= 11 is 0. The lowest BCUT2D eigenvalue weighted by Gasteiger charge is -2.20. The van der Waals surface area contributed by atoms with E-state index in [1.165, 1.54) is 122 Å². The van der Waals surface area contributed by atoms with Crippen LogP contribution in [0, 0.1) is 0 Å². The fourth-order valence-corrected chi connectivity index (χ4v) is 7.66. The molecule has 0 aliphatic carbocycles. The summed E-state index contributed by atoms with van der Waals surface area (Å²) in [6, 6.07) is -1.48. The van der Waals surface area contributed by atoms with Crippen molar-refractivity contribution in [2.75, 3.05) is 26.4 Å². The summed E-state index contributed by atoms with van der Waals surface area (Å²) in [4.78, 5) is 33.7. The van der Waals surface area contributed by atoms with Crippen LogP contribution < -0.4 is 5.73 Å². The van der Waals surface area contributed by atoms with Gasteiger partial charge < -0.3 is 25.2 Å². The number of hydrogen-bond acceptors (Lipinski definition) is 8. The molecule has 3 unspecified atom stereocenters. The number of ether oxygens (including phenoxy) is 2. The zero-order valence-corrected chi connectivity index (χ0v) is 41.1. The molecule has 0 saturated carbocycles. The SMILES string of the molecule is CC/C=C\C/C=C\C/C=C\CCCCCCCCCCOCC(COP(=O)(O)OCC(N)C(=O)O)OC(=O)CCCCCCCCCCCCC/C=C\C/C=C\CCCCCCC. The molecule has 0 saturated heterocycles. The largest absolute Gasteiger partial charge is 0.480 e. The number of carboxylic acids is 1. The molecule has 0 amide bonds. The fourth-order valence-electron chi connectivity index (χ4n) is 6.88. The molecule has 0 fully saturated rings. The van der Waals surface area contributed by atoms with Crippen molar-refractivity contribution in [1.82, 2.24) is 0 Å². The van der Waals surface area contributed by atoms with Crippen LogP contribution in [0.4, 0.5) is 0 Å². The maximum atomic E-state index is 12.7. The first kappa shape index (κ1) is 60.7. The maximum Gasteiger partial charge on any atom is 0.472 e. The van der Waals surface area contributed by atoms with Gasteiger partial charge in [-0.15, -0.1) is 0 Å². The number of carbonyl (C=O) groups is 2. The number of nitrogens with two attached hydrogens (primary N) is 1. The molecule has 0 aliphatic rings. The third-order valence-corrected chi connectivity index (χ3v) is 11.7. The number of hydrogen-bond donors (Lipinski definition) is 3. The van der Waals surface area contributed by atoms with Crippen LogP contribution in [0.2, 0.25) is 0 Å². The lowest BCUT2D eigenvalue weighted by molar-refractivity contribution is -0.154. The van der Waals surface area contributed by atoms with Crippen molar-refractivity contribution < 1.29 is 42.7 Å². The van der Waals surface area contributed by atoms with Crippen LogP contribution in [0.15, 0.2) is 60.8 Å². The highest BCUT2D eigenvalue weighted by Gasteiger charge is 2.27. The average Bonchev–Trinajstić information content (AvgIpc) is 3.26. The number of esters is 1. The topological polar surface area (TPSA) is 155 Å². The summed E-state index contributed by atoms with van der Waals surface area (Å²) in [5, 5.41) is 8.93. The van der Waals surface area contributed by atoms with E-state index in [9.17, 15) is 19.0 Å². The van der Waals surface area contributed by atoms with E-state index in [2.05, 4.69) is 74.6 Å². The quantitative estimate of drug-likeness (QED) is 0.0233. The summed E-state index contributed by atoms with van der Waals surface area (Å²) in [5.41, 5.74) is 5.37. The molecule has 11 heteroatoms. The standard InChI is InChI=1S/C52H94NO9P/c1-3-5-7-9-11-13-15-17-19-21-23-24-25-26-27-28-30-32-34-36-38-40-42-44-51(54)62-49(47-60-63(57,58)61-48-50(53)52(55)56)46-59-45-43-41-39-37-35-33-31-29-22-20-18-16-14-12-10-8-6-4-2/h6,8,12,14-15,17-18,20-21,23,49-50H,3-5,7,9-11,13,16,19,22,24-48,53H2,1-2H3,(H,55,56)(H,57,58)/b8-6-,14-12-,17-15-,20-18-,23-21-. The number of carbonyl (C=O) groups excluding carboxylic acids is 1. The van der Waals surface area contributed by atoms with E-state index in [0.717, 1.165) is 70.6 Å². The van der Waals surface area contributed by atoms with Crippen molar-refractivity contribution in [3.63, 3.8) is 0 Å². The van der Waals surface area contributed by atoms with Gasteiger partial charge in [0.1, 0.15) is 12.1 Å². The van der Waals surface area contributed by atoms with Crippen LogP contribution in [-0.2, 0) is 32.7 Å². The predicted octanol–water partition coefficient (Wildman–Crippen LogP) is 14.8. The van der Waals surface area contributed by atoms with Gasteiger partial charge in [-0.1, -0.05) is 197 Å². The minimum atomic E-state index is -4.63. The molecule has 0 spiro atoms. The van der Waals surface area contributed by atoms with Crippen LogP contribution in [0.1, 0.15) is 219 Å². The number of phosphoric ester groups is 1. The van der Waals surface area contributed by atoms with E-state index in [-0.39, 0.29) is 13.0 Å². The highest BCUT2D eigenvalue weighted by Crippen LogP contribution is 2.43. The van der Waals surface area contributed by atoms with Crippen molar-refractivity contribution in [2.45, 2.75) is 231 Å². The zero-order chi connectivity index (χ0) is 46.2. The molecule has 366 valence electrons. The monoisotopic (exact) mass is 908 g/mol. The van der Waals surface area contributed by atoms with Gasteiger partial charge in [0.2, 0.25) is 0 Å². The molecule has 0 heterocycles. The molecule has 0 aromatic heterocycles. The first-order chi connectivity index (χ1) is 30.7. The Morgan fingerprint density at radius 1 is 0.524 bits per heavy atom. The highest BCUT2D eigenvalue weighted by atomic mass is 31.2. The smallest absolute Gasteiger partial charge is 0.472 e. The van der Waals surface area contributed by atoms with Gasteiger partial charge in [0.25, 0.3) is 0 Å². The molecule has 0 rings (SSSR count). The zero-order valence-electron chi connectivity index (χ0n) is 40.2. The number of carboxylic acid groups (broad SMARTS) is 1. The summed E-state index contributed by atoms with van der Waals surface area (Å²) in [6.07, 6.45) is 58.4. The van der Waals surface area contributed by atoms with Gasteiger partial charge in [-0.2, -0.15) is 0 Å². The second-order valence-corrected chi connectivity index (χ2v) is 18.4. The van der Waals surface area contributed by atoms with Gasteiger partial charge in [0.15, 0.2) is 0 Å². The fraction of sp³-hybridized carbons (Fsp3) is 0.769. The van der Waals surface area contributed by atoms with Gasteiger partial charge in [-0.3, -0.25) is 18.6 Å². The van der Waals surface area contributed by atoms with Crippen molar-refractivity contribution in [3.05, 3.63) is 60.8 Å². The number of rotatable bonds is 48. The third kappa shape index (κ3) is 47.5. The Kier molecular flexibility index (Phi) is 45.9. The molecule has 10 nitrogen and oxygen atoms in total. The van der Waals surface area contributed by atoms with Gasteiger partial charge >= 0.3 is 19.8 Å². The predicted molar refractivity (Wildman–Crippen MR) is 263 cm³/mol. The number of allylic oxidation sites excluding steroid dienone is 10. The summed E-state index contributed by atoms with van der Waals surface area (Å²) in [7, 11) is -4.63. The Bertz CT molecular complexity index is 1230. The lowest BCUT2D eigenvalue weighted by Crippen LogP contribution is -2.34. The first-order valence-electron chi connectivity index (χ1n) is 25.3. The summed E-state index contributed by atoms with van der Waals surface area (Å²) < 4.78 is 33.5. The molecule has 4 N–H and O–H groups in total. The van der Waals surface area contributed by atoms with Crippen LogP contribution in [0.25, 0.3) is 0 Å². The normalized spacial score (nSPS) is 14.2. The number of phosphoric acid groups is 1. The first-order valence-corrected chi connectivity index (χ1v) is 26.8. The van der Waals surface area contributed by atoms with E-state index < -0.39 is 45.1 Å². The molecule has 0 bridgehead atoms. The van der Waals surface area contributed by atoms with Crippen LogP contribution in [-0.4, -0.2) is 60.5 Å². The van der Waals surface area contributed by atoms with Crippen molar-refractivity contribution in [3.8, 4) is 0 Å². The maximum absolute atomic E-state index is 12.7. The van der Waals surface area contributed by atoms with E-state index >= 15 is 0 Å². The highest BCUT2D eigenvalue weighted by molar-refractivity contribution is 7.47. The summed E-state index contributed by atoms with van der Waals surface area (Å²) in [5.74, 6) is -1.78. The Hall–Kier alpha value is -2.33. The van der Waals surface area contributed by atoms with E-state index in [1.807, 2.05) is 0 Å². The molecule has 63 heavy (non-hydrogen) atoms. The molecular weight excluding hydrogens is 814 g/mol. The Morgan fingerprint density at radius 2 is 0.921 bits per heavy atom. The minimum Gasteiger partial charge on any atom is -0.480 e. The van der Waals surface area contributed by atoms with Crippen LogP contribution in [0.3, 0.4) is 0 Å². The average molecular weight is 908 g/mol. The van der Waals surface area contributed by atoms with E-state index in [4.69, 9.17) is 29.4 Å². The molecule has 0 radical (unpaired) electrons. The molecular formula is C52H94NO9P. The van der Waals surface area contributed by atoms with Crippen molar-refractivity contribution in [1.29, 1.82) is 0 Å². The lowest BCUT2D eigenvalue weighted by atomic mass is 10.0. The second-order valence-electron chi connectivity index (χ2n) is 16.9. The Morgan fingerprint density at radius 3 is 1.38 bits per heavy atom.